The summed E-state index contributed by atoms with van der Waals surface area (Å²) in [5.41, 5.74) is 11.4. The third-order valence-corrected chi connectivity index (χ3v) is 14.9. The molecule has 0 bridgehead atoms. The van der Waals surface area contributed by atoms with E-state index in [1.165, 1.54) is 68.6 Å². The molecule has 1 unspecified atom stereocenters. The topological polar surface area (TPSA) is 0 Å². The average Bonchev–Trinajstić information content (AvgIpc) is 3.55. The Hall–Kier alpha value is -2.99. The van der Waals surface area contributed by atoms with Crippen LogP contribution in [0, 0.1) is 0 Å². The monoisotopic (exact) mass is 610 g/mol. The third kappa shape index (κ3) is 6.18. The summed E-state index contributed by atoms with van der Waals surface area (Å²) >= 11 is 0. The van der Waals surface area contributed by atoms with E-state index in [0.717, 1.165) is 15.9 Å². The zero-order valence-electron chi connectivity index (χ0n) is 27.1. The van der Waals surface area contributed by atoms with Crippen molar-refractivity contribution in [1.82, 2.24) is 0 Å². The van der Waals surface area contributed by atoms with E-state index in [-0.39, 0.29) is 0 Å². The van der Waals surface area contributed by atoms with Gasteiger partial charge in [0.05, 0.1) is 16.1 Å². The molecule has 0 spiro atoms. The number of rotatable bonds is 9. The second-order valence-electron chi connectivity index (χ2n) is 14.6. The Morgan fingerprint density at radius 3 is 1.77 bits per heavy atom. The van der Waals surface area contributed by atoms with Crippen molar-refractivity contribution in [3.05, 3.63) is 118 Å². The molecular formula is C40H46Si3. The van der Waals surface area contributed by atoms with Gasteiger partial charge in [-0.25, -0.2) is 0 Å². The minimum atomic E-state index is -1.31. The van der Waals surface area contributed by atoms with Crippen LogP contribution in [0.4, 0.5) is 0 Å². The summed E-state index contributed by atoms with van der Waals surface area (Å²) in [5.74, 6) is 0.535. The van der Waals surface area contributed by atoms with Crippen molar-refractivity contribution in [3.63, 3.8) is 0 Å². The van der Waals surface area contributed by atoms with Crippen LogP contribution < -0.4 is 10.4 Å². The van der Waals surface area contributed by atoms with Crippen LogP contribution in [0.2, 0.25) is 39.3 Å². The van der Waals surface area contributed by atoms with Crippen LogP contribution in [-0.4, -0.2) is 25.7 Å². The quantitative estimate of drug-likeness (QED) is 0.165. The van der Waals surface area contributed by atoms with Crippen molar-refractivity contribution in [2.24, 2.45) is 0 Å². The number of benzene rings is 4. The first-order valence-corrected chi connectivity index (χ1v) is 24.2. The minimum absolute atomic E-state index is 0.535. The highest BCUT2D eigenvalue weighted by Gasteiger charge is 2.29. The van der Waals surface area contributed by atoms with Crippen LogP contribution in [0.25, 0.3) is 34.4 Å². The van der Waals surface area contributed by atoms with Crippen LogP contribution in [0.15, 0.2) is 95.3 Å². The second-order valence-corrected chi connectivity index (χ2v) is 26.2. The standard InChI is InChI=1S/C40H46Si3/c1-8-9-13-37-36-16-11-15-35(29-19-23-33(24-20-29)43(5,6)7)39(36)27-40(37)41-31-25-30-12-10-14-34(38(30)26-31)28-17-21-32(22-18-28)42(2,3)4/h10-12,14-24,26-27,37H,8-9,13,25H2,1-7H3. The molecule has 0 aliphatic heterocycles. The zero-order valence-corrected chi connectivity index (χ0v) is 30.1. The molecule has 0 fully saturated rings. The molecule has 2 radical (unpaired) electrons. The van der Waals surface area contributed by atoms with Crippen LogP contribution in [0.1, 0.15) is 54.4 Å². The first-order valence-electron chi connectivity index (χ1n) is 16.2. The Morgan fingerprint density at radius 2 is 1.21 bits per heavy atom. The van der Waals surface area contributed by atoms with Gasteiger partial charge in [-0.1, -0.05) is 177 Å². The second kappa shape index (κ2) is 11.8. The highest BCUT2D eigenvalue weighted by Crippen LogP contribution is 2.44. The maximum Gasteiger partial charge on any atom is 0.111 e. The number of allylic oxidation sites excluding steroid dienone is 2. The van der Waals surface area contributed by atoms with Crippen LogP contribution >= 0.6 is 0 Å². The van der Waals surface area contributed by atoms with E-state index in [1.807, 2.05) is 0 Å². The van der Waals surface area contributed by atoms with Gasteiger partial charge in [0.25, 0.3) is 0 Å². The van der Waals surface area contributed by atoms with Gasteiger partial charge in [-0.3, -0.25) is 0 Å². The first-order chi connectivity index (χ1) is 20.5. The van der Waals surface area contributed by atoms with Crippen molar-refractivity contribution < 1.29 is 0 Å². The molecule has 0 heterocycles. The van der Waals surface area contributed by atoms with Crippen molar-refractivity contribution in [2.45, 2.75) is 77.8 Å². The summed E-state index contributed by atoms with van der Waals surface area (Å²) in [4.78, 5) is 0. The molecule has 6 rings (SSSR count). The van der Waals surface area contributed by atoms with E-state index in [2.05, 4.69) is 143 Å². The summed E-state index contributed by atoms with van der Waals surface area (Å²) in [7, 11) is -1.87. The highest BCUT2D eigenvalue weighted by molar-refractivity contribution is 6.89. The molecule has 4 aromatic rings. The summed E-state index contributed by atoms with van der Waals surface area (Å²) in [6.45, 7) is 16.9. The van der Waals surface area contributed by atoms with Crippen LogP contribution in [-0.2, 0) is 6.42 Å². The van der Waals surface area contributed by atoms with Gasteiger partial charge >= 0.3 is 0 Å². The van der Waals surface area contributed by atoms with E-state index in [0.29, 0.717) is 5.92 Å². The molecule has 0 aromatic heterocycles. The lowest BCUT2D eigenvalue weighted by molar-refractivity contribution is 0.663. The van der Waals surface area contributed by atoms with Crippen LogP contribution in [0.3, 0.4) is 0 Å². The molecule has 4 aromatic carbocycles. The van der Waals surface area contributed by atoms with Gasteiger partial charge in [-0.15, -0.1) is 0 Å². The largest absolute Gasteiger partial charge is 0.111 e. The van der Waals surface area contributed by atoms with Gasteiger partial charge in [0.2, 0.25) is 0 Å². The lowest BCUT2D eigenvalue weighted by Gasteiger charge is -2.18. The van der Waals surface area contributed by atoms with Crippen molar-refractivity contribution >= 4 is 48.2 Å². The first kappa shape index (κ1) is 30.1. The molecule has 0 amide bonds. The van der Waals surface area contributed by atoms with E-state index in [9.17, 15) is 0 Å². The number of hydrogen-bond acceptors (Lipinski definition) is 0. The van der Waals surface area contributed by atoms with Gasteiger partial charge in [0.1, 0.15) is 9.52 Å². The Kier molecular flexibility index (Phi) is 8.27. The van der Waals surface area contributed by atoms with Crippen molar-refractivity contribution in [1.29, 1.82) is 0 Å². The van der Waals surface area contributed by atoms with Gasteiger partial charge in [0, 0.05) is 5.92 Å². The lowest BCUT2D eigenvalue weighted by atomic mass is 9.91. The molecule has 43 heavy (non-hydrogen) atoms. The fraction of sp³-hybridized carbons (Fsp3) is 0.300. The third-order valence-electron chi connectivity index (χ3n) is 9.36. The molecule has 218 valence electrons. The Balaban J connectivity index is 1.32. The number of hydrogen-bond donors (Lipinski definition) is 0. The maximum absolute atomic E-state index is 2.58. The summed E-state index contributed by atoms with van der Waals surface area (Å²) in [6, 6.07) is 32.9. The van der Waals surface area contributed by atoms with Gasteiger partial charge < -0.3 is 0 Å². The molecule has 3 heteroatoms. The maximum atomic E-state index is 2.58. The lowest BCUT2D eigenvalue weighted by Crippen LogP contribution is -2.37. The average molecular weight is 611 g/mol. The van der Waals surface area contributed by atoms with Crippen molar-refractivity contribution in [2.75, 3.05) is 0 Å². The SMILES string of the molecule is CCCCC1C([Si]C2=Cc3c(cccc3-c3ccc([Si](C)(C)C)cc3)C2)=Cc2c(-c3ccc([Si](C)(C)C)cc3)cccc21. The zero-order chi connectivity index (χ0) is 30.4. The molecule has 0 nitrogen and oxygen atoms in total. The van der Waals surface area contributed by atoms with Gasteiger partial charge in [-0.2, -0.15) is 0 Å². The Bertz CT molecular complexity index is 1690. The molecular weight excluding hydrogens is 565 g/mol. The van der Waals surface area contributed by atoms with E-state index < -0.39 is 16.1 Å². The summed E-state index contributed by atoms with van der Waals surface area (Å²) in [5, 5.41) is 6.28. The molecule has 0 N–H and O–H groups in total. The van der Waals surface area contributed by atoms with E-state index >= 15 is 0 Å². The van der Waals surface area contributed by atoms with E-state index in [4.69, 9.17) is 0 Å². The fourth-order valence-electron chi connectivity index (χ4n) is 6.75. The predicted molar refractivity (Wildman–Crippen MR) is 197 cm³/mol. The fourth-order valence-corrected chi connectivity index (χ4v) is 10.6. The molecule has 0 saturated heterocycles. The highest BCUT2D eigenvalue weighted by atomic mass is 28.3. The van der Waals surface area contributed by atoms with Crippen molar-refractivity contribution in [3.8, 4) is 22.3 Å². The molecule has 2 aliphatic carbocycles. The van der Waals surface area contributed by atoms with E-state index in [1.54, 1.807) is 16.0 Å². The van der Waals surface area contributed by atoms with Crippen LogP contribution in [0.5, 0.6) is 0 Å². The number of unbranched alkanes of at least 4 members (excludes halogenated alkanes) is 1. The summed E-state index contributed by atoms with van der Waals surface area (Å²) < 4.78 is 0. The smallest absolute Gasteiger partial charge is 0.0748 e. The molecule has 0 saturated carbocycles. The Morgan fingerprint density at radius 1 is 0.651 bits per heavy atom. The Labute approximate surface area is 264 Å². The molecule has 1 atom stereocenters. The minimum Gasteiger partial charge on any atom is -0.0748 e. The normalized spacial score (nSPS) is 16.1. The number of fused-ring (bicyclic) bond motifs is 2. The predicted octanol–water partition coefficient (Wildman–Crippen LogP) is 10.0. The molecule has 2 aliphatic rings. The van der Waals surface area contributed by atoms with Gasteiger partial charge in [0.15, 0.2) is 0 Å². The summed E-state index contributed by atoms with van der Waals surface area (Å²) in [6.07, 6.45) is 9.96. The van der Waals surface area contributed by atoms with Gasteiger partial charge in [-0.05, 0) is 57.3 Å².